The molecule has 6 rings (SSSR count). The first-order chi connectivity index (χ1) is 15.0. The fourth-order valence-corrected chi connectivity index (χ4v) is 7.45. The van der Waals surface area contributed by atoms with Crippen molar-refractivity contribution in [2.45, 2.75) is 55.8 Å². The molecule has 0 radical (unpaired) electrons. The molecule has 2 bridgehead atoms. The van der Waals surface area contributed by atoms with Crippen molar-refractivity contribution in [2.24, 2.45) is 5.92 Å². The van der Waals surface area contributed by atoms with E-state index in [4.69, 9.17) is 9.47 Å². The van der Waals surface area contributed by atoms with Gasteiger partial charge in [0.2, 0.25) is 5.78 Å². The first-order valence-corrected chi connectivity index (χ1v) is 10.9. The van der Waals surface area contributed by atoms with Crippen LogP contribution in [0.3, 0.4) is 0 Å². The number of hydrogen-bond donors (Lipinski definition) is 1. The molecular weight excluding hydrogens is 400 g/mol. The Hall–Kier alpha value is -2.09. The van der Waals surface area contributed by atoms with Crippen molar-refractivity contribution in [3.05, 3.63) is 22.5 Å². The van der Waals surface area contributed by atoms with E-state index in [2.05, 4.69) is 22.9 Å². The number of allylic oxidation sites excluding steroid dienone is 2. The van der Waals surface area contributed by atoms with Gasteiger partial charge < -0.3 is 14.6 Å². The summed E-state index contributed by atoms with van der Waals surface area (Å²) in [6, 6.07) is 0.854. The van der Waals surface area contributed by atoms with Crippen LogP contribution in [0.4, 0.5) is 0 Å². The second-order valence-corrected chi connectivity index (χ2v) is 9.42. The van der Waals surface area contributed by atoms with E-state index >= 15 is 0 Å². The molecular formula is C22H26N4O5. The van der Waals surface area contributed by atoms with E-state index in [-0.39, 0.29) is 60.2 Å². The van der Waals surface area contributed by atoms with Gasteiger partial charge in [0, 0.05) is 47.3 Å². The Bertz CT molecular complexity index is 998. The molecule has 1 aliphatic carbocycles. The average Bonchev–Trinajstić information content (AvgIpc) is 3.34. The number of carbonyl (C=O) groups is 2. The molecule has 6 aliphatic rings. The number of aliphatic hydroxyl groups is 1. The van der Waals surface area contributed by atoms with E-state index in [1.165, 1.54) is 7.11 Å². The number of nitrogens with zero attached hydrogens (tertiary/aromatic N) is 4. The van der Waals surface area contributed by atoms with Gasteiger partial charge >= 0.3 is 0 Å². The van der Waals surface area contributed by atoms with E-state index in [0.29, 0.717) is 29.9 Å². The molecule has 0 spiro atoms. The van der Waals surface area contributed by atoms with E-state index < -0.39 is 12.1 Å². The number of carbonyl (C=O) groups excluding carboxylic acids is 2. The largest absolute Gasteiger partial charge is 0.492 e. The summed E-state index contributed by atoms with van der Waals surface area (Å²) in [5.74, 6) is -0.292. The quantitative estimate of drug-likeness (QED) is 0.559. The number of methoxy groups -OCH3 is 1. The van der Waals surface area contributed by atoms with Gasteiger partial charge in [-0.3, -0.25) is 24.3 Å². The molecule has 0 aromatic rings. The number of nitriles is 1. The van der Waals surface area contributed by atoms with Crippen LogP contribution in [-0.4, -0.2) is 108 Å². The minimum atomic E-state index is -0.701. The van der Waals surface area contributed by atoms with Crippen molar-refractivity contribution in [2.75, 3.05) is 33.9 Å². The Labute approximate surface area is 180 Å². The Morgan fingerprint density at radius 1 is 1.26 bits per heavy atom. The maximum Gasteiger partial charge on any atom is 0.226 e. The van der Waals surface area contributed by atoms with Crippen LogP contribution in [0.15, 0.2) is 22.5 Å². The number of hydrogen-bond acceptors (Lipinski definition) is 9. The highest BCUT2D eigenvalue weighted by atomic mass is 16.5. The van der Waals surface area contributed by atoms with E-state index in [0.717, 1.165) is 6.42 Å². The normalized spacial score (nSPS) is 44.5. The van der Waals surface area contributed by atoms with Crippen molar-refractivity contribution in [3.8, 4) is 6.07 Å². The number of piperidine rings is 1. The van der Waals surface area contributed by atoms with Crippen molar-refractivity contribution in [1.82, 2.24) is 14.7 Å². The van der Waals surface area contributed by atoms with Gasteiger partial charge in [0.25, 0.3) is 0 Å². The zero-order valence-electron chi connectivity index (χ0n) is 17.8. The Balaban J connectivity index is 1.63. The third kappa shape index (κ3) is 2.12. The number of piperazine rings is 1. The van der Waals surface area contributed by atoms with Crippen molar-refractivity contribution >= 4 is 11.6 Å². The molecule has 9 heteroatoms. The van der Waals surface area contributed by atoms with Gasteiger partial charge in [-0.1, -0.05) is 0 Å². The second-order valence-electron chi connectivity index (χ2n) is 9.42. The summed E-state index contributed by atoms with van der Waals surface area (Å²) in [7, 11) is 3.44. The summed E-state index contributed by atoms with van der Waals surface area (Å²) in [4.78, 5) is 33.7. The Morgan fingerprint density at radius 2 is 2.03 bits per heavy atom. The van der Waals surface area contributed by atoms with Crippen molar-refractivity contribution in [3.63, 3.8) is 0 Å². The SMILES string of the molecule is COC1=C(C)C(=O)C2=C(C1=O)[C@@H](CO)N1[C@H]3[C@H]4[C@@H](C[C@H]([C@H]1C#N)N4C)[C@@H]1OCCN1[C@@H]23. The number of aliphatic hydroxyl groups excluding tert-OH is 1. The molecule has 5 aliphatic heterocycles. The number of ether oxygens (including phenoxy) is 2. The highest BCUT2D eigenvalue weighted by Crippen LogP contribution is 2.54. The summed E-state index contributed by atoms with van der Waals surface area (Å²) in [5.41, 5.74) is 1.07. The number of ketones is 2. The van der Waals surface area contributed by atoms with Crippen LogP contribution in [0.5, 0.6) is 0 Å². The van der Waals surface area contributed by atoms with Crippen molar-refractivity contribution < 1.29 is 24.2 Å². The first-order valence-electron chi connectivity index (χ1n) is 10.9. The molecule has 0 saturated carbocycles. The minimum Gasteiger partial charge on any atom is -0.492 e. The summed E-state index contributed by atoms with van der Waals surface area (Å²) < 4.78 is 11.5. The molecule has 4 fully saturated rings. The van der Waals surface area contributed by atoms with Crippen LogP contribution >= 0.6 is 0 Å². The van der Waals surface area contributed by atoms with Gasteiger partial charge in [-0.2, -0.15) is 5.26 Å². The predicted molar refractivity (Wildman–Crippen MR) is 106 cm³/mol. The first kappa shape index (κ1) is 19.6. The van der Waals surface area contributed by atoms with Crippen LogP contribution in [-0.2, 0) is 19.1 Å². The van der Waals surface area contributed by atoms with Gasteiger partial charge in [0.15, 0.2) is 11.5 Å². The fraction of sp³-hybridized carbons (Fsp3) is 0.682. The highest BCUT2D eigenvalue weighted by Gasteiger charge is 2.68. The standard InChI is InChI=1S/C22H26N4O5/c1-9-19(28)15-14(20(29)21(9)30-3)13(8-27)26-12(7-23)11-6-10-16(24(11)2)18(26)17(15)25-4-5-31-22(10)25/h10-13,16-18,22,27H,4-6,8H2,1-3H3/t10-,11-,12-,13-,16-,17+,18+,22+/m1/s1. The Morgan fingerprint density at radius 3 is 2.71 bits per heavy atom. The van der Waals surface area contributed by atoms with E-state index in [9.17, 15) is 20.0 Å². The maximum absolute atomic E-state index is 13.6. The molecule has 8 atom stereocenters. The topological polar surface area (TPSA) is 106 Å². The second kappa shape index (κ2) is 6.47. The smallest absolute Gasteiger partial charge is 0.226 e. The molecule has 31 heavy (non-hydrogen) atoms. The zero-order valence-corrected chi connectivity index (χ0v) is 17.8. The number of fused-ring (bicyclic) bond motifs is 5. The van der Waals surface area contributed by atoms with Crippen LogP contribution in [0, 0.1) is 17.2 Å². The van der Waals surface area contributed by atoms with Gasteiger partial charge in [0.05, 0.1) is 38.5 Å². The summed E-state index contributed by atoms with van der Waals surface area (Å²) in [5, 5.41) is 20.7. The molecule has 1 N–H and O–H groups in total. The lowest BCUT2D eigenvalue weighted by Gasteiger charge is -2.61. The zero-order chi connectivity index (χ0) is 21.8. The molecule has 0 unspecified atom stereocenters. The molecule has 5 heterocycles. The van der Waals surface area contributed by atoms with Crippen LogP contribution < -0.4 is 0 Å². The maximum atomic E-state index is 13.6. The lowest BCUT2D eigenvalue weighted by Crippen LogP contribution is -2.78. The monoisotopic (exact) mass is 426 g/mol. The molecule has 0 aromatic carbocycles. The van der Waals surface area contributed by atoms with Crippen LogP contribution in [0.2, 0.25) is 0 Å². The lowest BCUT2D eigenvalue weighted by molar-refractivity contribution is -0.145. The minimum absolute atomic E-state index is 0.00850. The molecule has 4 saturated heterocycles. The molecule has 9 nitrogen and oxygen atoms in total. The number of rotatable bonds is 2. The van der Waals surface area contributed by atoms with Crippen LogP contribution in [0.25, 0.3) is 0 Å². The van der Waals surface area contributed by atoms with E-state index in [1.807, 2.05) is 4.90 Å². The highest BCUT2D eigenvalue weighted by molar-refractivity contribution is 6.25. The summed E-state index contributed by atoms with van der Waals surface area (Å²) in [6.45, 7) is 2.56. The van der Waals surface area contributed by atoms with Crippen molar-refractivity contribution in [1.29, 1.82) is 5.26 Å². The average molecular weight is 426 g/mol. The predicted octanol–water partition coefficient (Wildman–Crippen LogP) is -0.965. The molecule has 164 valence electrons. The van der Waals surface area contributed by atoms with Gasteiger partial charge in [-0.05, 0) is 20.4 Å². The number of likely N-dealkylation sites (N-methyl/N-ethyl adjacent to an activating group) is 1. The Kier molecular flexibility index (Phi) is 4.08. The third-order valence-electron chi connectivity index (χ3n) is 8.50. The van der Waals surface area contributed by atoms with Gasteiger partial charge in [0.1, 0.15) is 12.3 Å². The lowest BCUT2D eigenvalue weighted by atomic mass is 9.69. The van der Waals surface area contributed by atoms with Crippen LogP contribution in [0.1, 0.15) is 13.3 Å². The third-order valence-corrected chi connectivity index (χ3v) is 8.50. The summed E-state index contributed by atoms with van der Waals surface area (Å²) in [6.07, 6.45) is 0.694. The summed E-state index contributed by atoms with van der Waals surface area (Å²) >= 11 is 0. The fourth-order valence-electron chi connectivity index (χ4n) is 7.45. The number of Topliss-reactive ketones (excluding diaryl/α,β-unsaturated/α-hetero) is 2. The van der Waals surface area contributed by atoms with Gasteiger partial charge in [-0.25, -0.2) is 0 Å². The van der Waals surface area contributed by atoms with E-state index in [1.54, 1.807) is 6.92 Å². The molecule has 0 aromatic heterocycles. The molecule has 0 amide bonds. The van der Waals surface area contributed by atoms with Gasteiger partial charge in [-0.15, -0.1) is 0 Å².